The highest BCUT2D eigenvalue weighted by Gasteiger charge is 2.37. The molecule has 1 saturated heterocycles. The van der Waals surface area contributed by atoms with Gasteiger partial charge in [0.1, 0.15) is 15.8 Å². The molecule has 22 heavy (non-hydrogen) atoms. The molecule has 2 heterocycles. The highest BCUT2D eigenvalue weighted by molar-refractivity contribution is 8.26. The second-order valence-electron chi connectivity index (χ2n) is 4.62. The van der Waals surface area contributed by atoms with Crippen molar-refractivity contribution in [2.45, 2.75) is 19.4 Å². The molecule has 0 N–H and O–H groups in total. The van der Waals surface area contributed by atoms with Crippen LogP contribution in [-0.2, 0) is 9.59 Å². The Morgan fingerprint density at radius 2 is 2.32 bits per heavy atom. The zero-order valence-corrected chi connectivity index (χ0v) is 14.5. The summed E-state index contributed by atoms with van der Waals surface area (Å²) in [5, 5.41) is 11.3. The fourth-order valence-corrected chi connectivity index (χ4v) is 3.79. The van der Waals surface area contributed by atoms with Crippen molar-refractivity contribution in [1.29, 1.82) is 0 Å². The molecule has 1 amide bonds. The number of carbonyl (C=O) groups is 2. The fourth-order valence-electron chi connectivity index (χ4n) is 1.99. The number of aliphatic carboxylic acids is 1. The number of thioether (sulfide) groups is 2. The second kappa shape index (κ2) is 7.34. The maximum atomic E-state index is 12.4. The summed E-state index contributed by atoms with van der Waals surface area (Å²) in [7, 11) is 0. The molecule has 1 fully saturated rings. The van der Waals surface area contributed by atoms with Gasteiger partial charge in [-0.05, 0) is 37.5 Å². The summed E-state index contributed by atoms with van der Waals surface area (Å²) in [5.41, 5.74) is 0. The van der Waals surface area contributed by atoms with E-state index >= 15 is 0 Å². The molecule has 5 nitrogen and oxygen atoms in total. The molecule has 1 aliphatic rings. The highest BCUT2D eigenvalue weighted by Crippen LogP contribution is 2.34. The Morgan fingerprint density at radius 1 is 1.59 bits per heavy atom. The molecular weight excluding hydrogens is 342 g/mol. The number of amides is 1. The quantitative estimate of drug-likeness (QED) is 0.567. The summed E-state index contributed by atoms with van der Waals surface area (Å²) in [4.78, 5) is 25.3. The van der Waals surface area contributed by atoms with E-state index in [2.05, 4.69) is 0 Å². The third kappa shape index (κ3) is 3.74. The molecule has 8 heteroatoms. The smallest absolute Gasteiger partial charge is 0.266 e. The number of aryl methyl sites for hydroxylation is 1. The number of nitrogens with zero attached hydrogens (tertiary/aromatic N) is 1. The van der Waals surface area contributed by atoms with Gasteiger partial charge in [0.15, 0.2) is 0 Å². The van der Waals surface area contributed by atoms with Crippen LogP contribution in [0.15, 0.2) is 21.5 Å². The zero-order chi connectivity index (χ0) is 16.3. The molecule has 118 valence electrons. The number of furan rings is 1. The number of hydrogen-bond acceptors (Lipinski definition) is 7. The molecule has 0 bridgehead atoms. The first kappa shape index (κ1) is 17.1. The molecule has 0 spiro atoms. The van der Waals surface area contributed by atoms with Crippen LogP contribution in [0.4, 0.5) is 0 Å². The van der Waals surface area contributed by atoms with Crippen LogP contribution in [0, 0.1) is 6.92 Å². The van der Waals surface area contributed by atoms with Gasteiger partial charge in [0.25, 0.3) is 5.91 Å². The van der Waals surface area contributed by atoms with E-state index in [0.29, 0.717) is 22.8 Å². The highest BCUT2D eigenvalue weighted by atomic mass is 32.2. The van der Waals surface area contributed by atoms with Crippen LogP contribution >= 0.6 is 35.7 Å². The lowest BCUT2D eigenvalue weighted by molar-refractivity contribution is -0.310. The van der Waals surface area contributed by atoms with Crippen molar-refractivity contribution in [2.75, 3.05) is 12.0 Å². The first-order valence-electron chi connectivity index (χ1n) is 6.47. The van der Waals surface area contributed by atoms with Crippen LogP contribution in [0.5, 0.6) is 0 Å². The van der Waals surface area contributed by atoms with Crippen molar-refractivity contribution in [3.63, 3.8) is 0 Å². The van der Waals surface area contributed by atoms with E-state index in [-0.39, 0.29) is 4.32 Å². The lowest BCUT2D eigenvalue weighted by Crippen LogP contribution is -2.50. The SMILES string of the molecule is CSCC[C@@H](C(=O)[O-])N1C(=O)/C(=C\c2ccc(C)o2)SC1=S. The zero-order valence-electron chi connectivity index (χ0n) is 12.0. The van der Waals surface area contributed by atoms with Gasteiger partial charge in [0, 0.05) is 6.08 Å². The topological polar surface area (TPSA) is 73.6 Å². The van der Waals surface area contributed by atoms with E-state index in [1.54, 1.807) is 25.1 Å². The molecule has 2 rings (SSSR count). The molecule has 0 saturated carbocycles. The standard InChI is InChI=1S/C14H15NO4S3/c1-8-3-4-9(19-8)7-11-12(16)15(14(20)22-11)10(13(17)18)5-6-21-2/h3-4,7,10H,5-6H2,1-2H3,(H,17,18)/p-1/b11-7+/t10-/m0/s1. The summed E-state index contributed by atoms with van der Waals surface area (Å²) in [6.07, 6.45) is 3.74. The molecule has 1 aromatic heterocycles. The fraction of sp³-hybridized carbons (Fsp3) is 0.357. The molecule has 1 atom stereocenters. The Labute approximate surface area is 142 Å². The molecular formula is C14H14NO4S3-. The van der Waals surface area contributed by atoms with Crippen LogP contribution in [0.2, 0.25) is 0 Å². The van der Waals surface area contributed by atoms with Gasteiger partial charge in [-0.25, -0.2) is 0 Å². The minimum atomic E-state index is -1.29. The normalized spacial score (nSPS) is 18.3. The van der Waals surface area contributed by atoms with Crippen molar-refractivity contribution in [3.05, 3.63) is 28.6 Å². The Bertz CT molecular complexity index is 638. The predicted octanol–water partition coefficient (Wildman–Crippen LogP) is 1.66. The van der Waals surface area contributed by atoms with Crippen LogP contribution in [-0.4, -0.2) is 39.1 Å². The van der Waals surface area contributed by atoms with E-state index in [9.17, 15) is 14.7 Å². The first-order chi connectivity index (χ1) is 10.4. The maximum Gasteiger partial charge on any atom is 0.266 e. The van der Waals surface area contributed by atoms with Gasteiger partial charge in [-0.1, -0.05) is 24.0 Å². The minimum Gasteiger partial charge on any atom is -0.548 e. The Kier molecular flexibility index (Phi) is 5.71. The molecule has 0 unspecified atom stereocenters. The van der Waals surface area contributed by atoms with E-state index in [4.69, 9.17) is 16.6 Å². The van der Waals surface area contributed by atoms with Crippen LogP contribution in [0.25, 0.3) is 6.08 Å². The van der Waals surface area contributed by atoms with Crippen molar-refractivity contribution in [1.82, 2.24) is 4.90 Å². The number of hydrogen-bond donors (Lipinski definition) is 0. The predicted molar refractivity (Wildman–Crippen MR) is 90.3 cm³/mol. The lowest BCUT2D eigenvalue weighted by atomic mass is 10.2. The maximum absolute atomic E-state index is 12.4. The Balaban J connectivity index is 2.23. The summed E-state index contributed by atoms with van der Waals surface area (Å²) in [5.74, 6) is 0.160. The van der Waals surface area contributed by atoms with Gasteiger partial charge in [-0.15, -0.1) is 0 Å². The van der Waals surface area contributed by atoms with E-state index < -0.39 is 17.9 Å². The largest absolute Gasteiger partial charge is 0.548 e. The van der Waals surface area contributed by atoms with Gasteiger partial charge in [0.05, 0.1) is 16.9 Å². The number of rotatable bonds is 6. The molecule has 0 aliphatic carbocycles. The minimum absolute atomic E-state index is 0.231. The van der Waals surface area contributed by atoms with E-state index in [1.807, 2.05) is 6.26 Å². The summed E-state index contributed by atoms with van der Waals surface area (Å²) < 4.78 is 5.63. The van der Waals surface area contributed by atoms with E-state index in [0.717, 1.165) is 22.4 Å². The Morgan fingerprint density at radius 3 is 2.86 bits per heavy atom. The Hall–Kier alpha value is -1.25. The molecule has 0 radical (unpaired) electrons. The average molecular weight is 356 g/mol. The van der Waals surface area contributed by atoms with Gasteiger partial charge in [-0.3, -0.25) is 9.69 Å². The van der Waals surface area contributed by atoms with Gasteiger partial charge < -0.3 is 14.3 Å². The van der Waals surface area contributed by atoms with Crippen LogP contribution < -0.4 is 5.11 Å². The van der Waals surface area contributed by atoms with Gasteiger partial charge in [0.2, 0.25) is 0 Å². The van der Waals surface area contributed by atoms with E-state index in [1.165, 1.54) is 11.8 Å². The monoisotopic (exact) mass is 356 g/mol. The third-order valence-electron chi connectivity index (χ3n) is 3.04. The number of carboxylic acid groups (broad SMARTS) is 1. The van der Waals surface area contributed by atoms with Crippen molar-refractivity contribution < 1.29 is 19.1 Å². The molecule has 1 aromatic rings. The van der Waals surface area contributed by atoms with Crippen LogP contribution in [0.1, 0.15) is 17.9 Å². The number of carbonyl (C=O) groups excluding carboxylic acids is 2. The summed E-state index contributed by atoms with van der Waals surface area (Å²) >= 11 is 7.74. The lowest BCUT2D eigenvalue weighted by Gasteiger charge is -2.27. The van der Waals surface area contributed by atoms with Crippen molar-refractivity contribution in [3.8, 4) is 0 Å². The number of thiocarbonyl (C=S) groups is 1. The molecule has 0 aromatic carbocycles. The molecule has 1 aliphatic heterocycles. The summed E-state index contributed by atoms with van der Waals surface area (Å²) in [6.45, 7) is 1.80. The van der Waals surface area contributed by atoms with Crippen LogP contribution in [0.3, 0.4) is 0 Å². The van der Waals surface area contributed by atoms with Crippen molar-refractivity contribution in [2.24, 2.45) is 0 Å². The number of carboxylic acids is 1. The second-order valence-corrected chi connectivity index (χ2v) is 7.28. The van der Waals surface area contributed by atoms with Gasteiger partial charge in [-0.2, -0.15) is 11.8 Å². The first-order valence-corrected chi connectivity index (χ1v) is 9.09. The summed E-state index contributed by atoms with van der Waals surface area (Å²) in [6, 6.07) is 2.49. The van der Waals surface area contributed by atoms with Crippen molar-refractivity contribution >= 4 is 58.0 Å². The third-order valence-corrected chi connectivity index (χ3v) is 5.01. The van der Waals surface area contributed by atoms with Gasteiger partial charge >= 0.3 is 0 Å². The average Bonchev–Trinajstić information content (AvgIpc) is 2.97.